The van der Waals surface area contributed by atoms with E-state index in [4.69, 9.17) is 16.3 Å². The molecule has 0 radical (unpaired) electrons. The molecule has 242 valence electrons. The summed E-state index contributed by atoms with van der Waals surface area (Å²) in [6.45, 7) is 0. The molecule has 1 amide bonds. The van der Waals surface area contributed by atoms with Gasteiger partial charge < -0.3 is 14.8 Å². The zero-order chi connectivity index (χ0) is 33.9. The van der Waals surface area contributed by atoms with E-state index in [1.165, 1.54) is 37.6 Å². The minimum Gasteiger partial charge on any atom is -0.495 e. The van der Waals surface area contributed by atoms with Gasteiger partial charge in [-0.15, -0.1) is 5.10 Å². The highest BCUT2D eigenvalue weighted by molar-refractivity contribution is 6.31. The number of hydrogen-bond acceptors (Lipinski definition) is 7. The Labute approximate surface area is 269 Å². The highest BCUT2D eigenvalue weighted by atomic mass is 35.5. The van der Waals surface area contributed by atoms with Crippen LogP contribution in [0.1, 0.15) is 27.7 Å². The molecule has 15 heteroatoms. The van der Waals surface area contributed by atoms with Crippen molar-refractivity contribution in [3.05, 3.63) is 123 Å². The van der Waals surface area contributed by atoms with Crippen LogP contribution >= 0.6 is 11.6 Å². The van der Waals surface area contributed by atoms with E-state index in [1.807, 2.05) is 0 Å². The fourth-order valence-corrected chi connectivity index (χ4v) is 5.00. The minimum absolute atomic E-state index is 0.0180. The van der Waals surface area contributed by atoms with Gasteiger partial charge >= 0.3 is 12.1 Å². The number of aromatic nitrogens is 4. The second kappa shape index (κ2) is 13.5. The number of esters is 1. The zero-order valence-electron chi connectivity index (χ0n) is 24.6. The van der Waals surface area contributed by atoms with Crippen molar-refractivity contribution in [2.75, 3.05) is 19.5 Å². The summed E-state index contributed by atoms with van der Waals surface area (Å²) in [6, 6.07) is 16.5. The Morgan fingerprint density at radius 3 is 2.36 bits per heavy atom. The molecule has 1 atom stereocenters. The number of rotatable bonds is 9. The fourth-order valence-electron chi connectivity index (χ4n) is 4.83. The van der Waals surface area contributed by atoms with E-state index < -0.39 is 41.2 Å². The molecule has 1 unspecified atom stereocenters. The number of methoxy groups -OCH3 is 2. The quantitative estimate of drug-likeness (QED) is 0.148. The van der Waals surface area contributed by atoms with Crippen LogP contribution in [0.4, 0.5) is 23.2 Å². The molecule has 0 aliphatic carbocycles. The first-order chi connectivity index (χ1) is 22.4. The van der Waals surface area contributed by atoms with Gasteiger partial charge in [0.15, 0.2) is 5.69 Å². The van der Waals surface area contributed by atoms with Crippen LogP contribution in [0.3, 0.4) is 0 Å². The van der Waals surface area contributed by atoms with Gasteiger partial charge in [0.2, 0.25) is 5.91 Å². The molecule has 10 nitrogen and oxygen atoms in total. The molecular weight excluding hydrogens is 646 g/mol. The lowest BCUT2D eigenvalue weighted by Crippen LogP contribution is -2.34. The lowest BCUT2D eigenvalue weighted by atomic mass is 10.0. The number of carbonyl (C=O) groups excluding carboxylic acids is 2. The average Bonchev–Trinajstić information content (AvgIpc) is 3.55. The van der Waals surface area contributed by atoms with E-state index >= 15 is 0 Å². The summed E-state index contributed by atoms with van der Waals surface area (Å²) in [7, 11) is 2.42. The molecule has 0 aliphatic heterocycles. The van der Waals surface area contributed by atoms with Crippen LogP contribution in [-0.4, -0.2) is 45.7 Å². The lowest BCUT2D eigenvalue weighted by Gasteiger charge is -2.22. The SMILES string of the molecule is COC(=O)c1ccc(NC(=O)C(Cc2ccccc2)n2cc(OC)c(-c3cc(Cl)ccc3-n3cc(C(F)(F)F)nn3)cc2=O)cc1F. The van der Waals surface area contributed by atoms with E-state index in [9.17, 15) is 31.9 Å². The third kappa shape index (κ3) is 7.17. The number of benzene rings is 3. The summed E-state index contributed by atoms with van der Waals surface area (Å²) in [5.41, 5.74) is -1.06. The lowest BCUT2D eigenvalue weighted by molar-refractivity contribution is -0.141. The summed E-state index contributed by atoms with van der Waals surface area (Å²) in [5, 5.41) is 9.60. The van der Waals surface area contributed by atoms with Gasteiger partial charge in [-0.3, -0.25) is 14.2 Å². The maximum absolute atomic E-state index is 14.6. The van der Waals surface area contributed by atoms with Crippen molar-refractivity contribution in [1.82, 2.24) is 19.6 Å². The second-order valence-corrected chi connectivity index (χ2v) is 10.5. The normalized spacial score (nSPS) is 12.0. The molecule has 3 aromatic carbocycles. The molecule has 5 rings (SSSR count). The van der Waals surface area contributed by atoms with Gasteiger partial charge in [0, 0.05) is 34.3 Å². The summed E-state index contributed by atoms with van der Waals surface area (Å²) in [5.74, 6) is -2.44. The van der Waals surface area contributed by atoms with Gasteiger partial charge in [-0.05, 0) is 42.0 Å². The molecule has 0 saturated carbocycles. The second-order valence-electron chi connectivity index (χ2n) is 10.1. The fraction of sp³-hybridized carbons (Fsp3) is 0.156. The molecular formula is C32H24ClF4N5O5. The standard InChI is InChI=1S/C32H24ClF4N5O5/c1-46-27-16-41(29(43)15-23(27)22-13-19(33)8-11-25(22)42-17-28(39-40-42)32(35,36)37)26(12-18-6-4-3-5-7-18)30(44)38-20-9-10-21(24(34)14-20)31(45)47-2/h3-11,13-17,26H,12H2,1-2H3,(H,38,44). The monoisotopic (exact) mass is 669 g/mol. The highest BCUT2D eigenvalue weighted by Gasteiger charge is 2.35. The molecule has 47 heavy (non-hydrogen) atoms. The number of nitrogens with one attached hydrogen (secondary N) is 1. The molecule has 0 saturated heterocycles. The Morgan fingerprint density at radius 1 is 0.979 bits per heavy atom. The maximum Gasteiger partial charge on any atom is 0.436 e. The van der Waals surface area contributed by atoms with Crippen LogP contribution in [0.5, 0.6) is 5.75 Å². The number of alkyl halides is 3. The topological polar surface area (TPSA) is 117 Å². The van der Waals surface area contributed by atoms with E-state index in [2.05, 4.69) is 20.4 Å². The van der Waals surface area contributed by atoms with E-state index in [0.717, 1.165) is 34.6 Å². The molecule has 1 N–H and O–H groups in total. The molecule has 2 aromatic heterocycles. The van der Waals surface area contributed by atoms with Crippen LogP contribution < -0.4 is 15.6 Å². The van der Waals surface area contributed by atoms with Crippen molar-refractivity contribution in [1.29, 1.82) is 0 Å². The zero-order valence-corrected chi connectivity index (χ0v) is 25.3. The smallest absolute Gasteiger partial charge is 0.436 e. The summed E-state index contributed by atoms with van der Waals surface area (Å²) in [4.78, 5) is 39.3. The van der Waals surface area contributed by atoms with Crippen LogP contribution in [0.2, 0.25) is 5.02 Å². The first kappa shape index (κ1) is 32.9. The number of hydrogen-bond donors (Lipinski definition) is 1. The molecule has 0 bridgehead atoms. The Hall–Kier alpha value is -5.50. The number of anilines is 1. The van der Waals surface area contributed by atoms with Crippen LogP contribution in [0, 0.1) is 5.82 Å². The van der Waals surface area contributed by atoms with Gasteiger partial charge in [-0.1, -0.05) is 47.1 Å². The van der Waals surface area contributed by atoms with Crippen molar-refractivity contribution in [3.8, 4) is 22.6 Å². The van der Waals surface area contributed by atoms with Gasteiger partial charge in [-0.25, -0.2) is 13.9 Å². The van der Waals surface area contributed by atoms with Crippen molar-refractivity contribution < 1.29 is 36.6 Å². The number of pyridine rings is 1. The molecule has 0 spiro atoms. The van der Waals surface area contributed by atoms with E-state index in [0.29, 0.717) is 11.8 Å². The Kier molecular flexibility index (Phi) is 9.42. The Bertz CT molecular complexity index is 2010. The number of halogens is 5. The molecule has 0 fully saturated rings. The average molecular weight is 670 g/mol. The molecule has 5 aromatic rings. The van der Waals surface area contributed by atoms with Crippen molar-refractivity contribution >= 4 is 29.2 Å². The molecule has 2 heterocycles. The number of carbonyl (C=O) groups is 2. The largest absolute Gasteiger partial charge is 0.495 e. The van der Waals surface area contributed by atoms with Crippen LogP contribution in [0.25, 0.3) is 16.8 Å². The first-order valence-corrected chi connectivity index (χ1v) is 14.1. The van der Waals surface area contributed by atoms with Gasteiger partial charge in [0.25, 0.3) is 5.56 Å². The number of amides is 1. The van der Waals surface area contributed by atoms with Crippen molar-refractivity contribution in [3.63, 3.8) is 0 Å². The predicted octanol–water partition coefficient (Wildman–Crippen LogP) is 6.13. The summed E-state index contributed by atoms with van der Waals surface area (Å²) in [6.07, 6.45) is -2.73. The summed E-state index contributed by atoms with van der Waals surface area (Å²) >= 11 is 6.25. The van der Waals surface area contributed by atoms with Gasteiger partial charge in [0.1, 0.15) is 17.6 Å². The van der Waals surface area contributed by atoms with Gasteiger partial charge in [-0.2, -0.15) is 13.2 Å². The summed E-state index contributed by atoms with van der Waals surface area (Å²) < 4.78 is 66.6. The minimum atomic E-state index is -4.74. The third-order valence-electron chi connectivity index (χ3n) is 7.10. The van der Waals surface area contributed by atoms with Crippen LogP contribution in [-0.2, 0) is 22.1 Å². The third-order valence-corrected chi connectivity index (χ3v) is 7.33. The highest BCUT2D eigenvalue weighted by Crippen LogP contribution is 2.36. The van der Waals surface area contributed by atoms with E-state index in [-0.39, 0.29) is 45.3 Å². The van der Waals surface area contributed by atoms with Gasteiger partial charge in [0.05, 0.1) is 37.9 Å². The predicted molar refractivity (Wildman–Crippen MR) is 163 cm³/mol. The van der Waals surface area contributed by atoms with Crippen LogP contribution in [0.15, 0.2) is 90.0 Å². The van der Waals surface area contributed by atoms with Crippen molar-refractivity contribution in [2.24, 2.45) is 0 Å². The van der Waals surface area contributed by atoms with Crippen molar-refractivity contribution in [2.45, 2.75) is 18.6 Å². The Balaban J connectivity index is 1.58. The first-order valence-electron chi connectivity index (χ1n) is 13.7. The number of nitrogens with zero attached hydrogens (tertiary/aromatic N) is 4. The maximum atomic E-state index is 14.6. The van der Waals surface area contributed by atoms with E-state index in [1.54, 1.807) is 30.3 Å². The Morgan fingerprint density at radius 2 is 1.72 bits per heavy atom. The molecule has 0 aliphatic rings. The number of ether oxygens (including phenoxy) is 2.